The average molecular weight is 241 g/mol. The van der Waals surface area contributed by atoms with E-state index in [-0.39, 0.29) is 5.69 Å². The normalized spacial score (nSPS) is 16.8. The molecule has 1 N–H and O–H groups in total. The smallest absolute Gasteiger partial charge is 0.228 e. The molecule has 1 fully saturated rings. The molecule has 92 valence electrons. The van der Waals surface area contributed by atoms with E-state index in [0.717, 1.165) is 25.2 Å². The van der Waals surface area contributed by atoms with Gasteiger partial charge in [0.15, 0.2) is 5.82 Å². The number of hydrogen-bond acceptors (Lipinski definition) is 3. The van der Waals surface area contributed by atoms with Gasteiger partial charge in [-0.3, -0.25) is 4.79 Å². The van der Waals surface area contributed by atoms with Crippen LogP contribution in [0, 0.1) is 11.6 Å². The van der Waals surface area contributed by atoms with Crippen molar-refractivity contribution in [2.24, 2.45) is 0 Å². The SMILES string of the molecule is O=CN(c1ccc(F)cc1F)N1CCNCC1. The number of nitrogens with one attached hydrogen (secondary N) is 1. The van der Waals surface area contributed by atoms with Gasteiger partial charge in [0, 0.05) is 32.2 Å². The molecule has 1 aliphatic heterocycles. The van der Waals surface area contributed by atoms with Crippen LogP contribution in [0.1, 0.15) is 0 Å². The summed E-state index contributed by atoms with van der Waals surface area (Å²) in [6, 6.07) is 3.17. The van der Waals surface area contributed by atoms with Crippen LogP contribution in [0.25, 0.3) is 0 Å². The van der Waals surface area contributed by atoms with Gasteiger partial charge < -0.3 is 5.32 Å². The van der Waals surface area contributed by atoms with Crippen LogP contribution in [0.5, 0.6) is 0 Å². The molecule has 1 heterocycles. The molecule has 0 atom stereocenters. The maximum Gasteiger partial charge on any atom is 0.228 e. The van der Waals surface area contributed by atoms with E-state index in [4.69, 9.17) is 0 Å². The van der Waals surface area contributed by atoms with Gasteiger partial charge >= 0.3 is 0 Å². The quantitative estimate of drug-likeness (QED) is 0.793. The van der Waals surface area contributed by atoms with E-state index in [0.29, 0.717) is 19.5 Å². The van der Waals surface area contributed by atoms with Gasteiger partial charge in [-0.05, 0) is 12.1 Å². The Kier molecular flexibility index (Phi) is 3.65. The third kappa shape index (κ3) is 2.59. The first-order chi connectivity index (χ1) is 8.22. The Morgan fingerprint density at radius 2 is 2.00 bits per heavy atom. The lowest BCUT2D eigenvalue weighted by Crippen LogP contribution is -2.52. The van der Waals surface area contributed by atoms with Crippen LogP contribution in [0.3, 0.4) is 0 Å². The van der Waals surface area contributed by atoms with Crippen LogP contribution in [-0.2, 0) is 4.79 Å². The summed E-state index contributed by atoms with van der Waals surface area (Å²) in [5.41, 5.74) is 0.0725. The molecule has 0 aliphatic carbocycles. The summed E-state index contributed by atoms with van der Waals surface area (Å²) in [5.74, 6) is -1.40. The van der Waals surface area contributed by atoms with Crippen LogP contribution in [0.2, 0.25) is 0 Å². The number of benzene rings is 1. The molecule has 17 heavy (non-hydrogen) atoms. The summed E-state index contributed by atoms with van der Waals surface area (Å²) in [5, 5.41) is 6.04. The number of piperazine rings is 1. The Bertz CT molecular complexity index is 408. The van der Waals surface area contributed by atoms with Crippen LogP contribution in [0.4, 0.5) is 14.5 Å². The lowest BCUT2D eigenvalue weighted by Gasteiger charge is -2.35. The highest BCUT2D eigenvalue weighted by Gasteiger charge is 2.20. The molecule has 1 amide bonds. The van der Waals surface area contributed by atoms with E-state index in [1.807, 2.05) is 0 Å². The Hall–Kier alpha value is -1.53. The standard InChI is InChI=1S/C11H13F2N3O/c12-9-1-2-11(10(13)7-9)16(8-17)15-5-3-14-4-6-15/h1-2,7-8,14H,3-6H2. The molecule has 0 radical (unpaired) electrons. The third-order valence-corrected chi connectivity index (χ3v) is 2.65. The fourth-order valence-electron chi connectivity index (χ4n) is 1.81. The van der Waals surface area contributed by atoms with E-state index < -0.39 is 11.6 Å². The number of rotatable bonds is 3. The molecule has 0 unspecified atom stereocenters. The van der Waals surface area contributed by atoms with Gasteiger partial charge in [0.05, 0.1) is 5.69 Å². The highest BCUT2D eigenvalue weighted by molar-refractivity contribution is 5.74. The van der Waals surface area contributed by atoms with Crippen molar-refractivity contribution in [1.82, 2.24) is 10.3 Å². The summed E-state index contributed by atoms with van der Waals surface area (Å²) >= 11 is 0. The molecule has 0 bridgehead atoms. The molecule has 0 spiro atoms. The number of amides is 1. The van der Waals surface area contributed by atoms with Crippen LogP contribution in [-0.4, -0.2) is 37.6 Å². The van der Waals surface area contributed by atoms with Crippen molar-refractivity contribution in [3.8, 4) is 0 Å². The maximum absolute atomic E-state index is 13.6. The zero-order valence-electron chi connectivity index (χ0n) is 9.20. The Labute approximate surface area is 97.8 Å². The van der Waals surface area contributed by atoms with Crippen LogP contribution >= 0.6 is 0 Å². The Morgan fingerprint density at radius 1 is 1.29 bits per heavy atom. The fourth-order valence-corrected chi connectivity index (χ4v) is 1.81. The van der Waals surface area contributed by atoms with Gasteiger partial charge in [0.1, 0.15) is 5.82 Å². The Balaban J connectivity index is 2.24. The van der Waals surface area contributed by atoms with Crippen molar-refractivity contribution in [2.75, 3.05) is 31.2 Å². The molecular weight excluding hydrogens is 228 g/mol. The van der Waals surface area contributed by atoms with E-state index >= 15 is 0 Å². The summed E-state index contributed by atoms with van der Waals surface area (Å²) < 4.78 is 26.3. The molecular formula is C11H13F2N3O. The first kappa shape index (κ1) is 11.9. The minimum atomic E-state index is -0.740. The first-order valence-corrected chi connectivity index (χ1v) is 5.37. The third-order valence-electron chi connectivity index (χ3n) is 2.65. The molecule has 2 rings (SSSR count). The maximum atomic E-state index is 13.6. The van der Waals surface area contributed by atoms with Crippen molar-refractivity contribution < 1.29 is 13.6 Å². The molecule has 0 saturated carbocycles. The van der Waals surface area contributed by atoms with Crippen molar-refractivity contribution in [2.45, 2.75) is 0 Å². The largest absolute Gasteiger partial charge is 0.314 e. The predicted molar refractivity (Wildman–Crippen MR) is 59.3 cm³/mol. The molecule has 1 aromatic rings. The molecule has 0 aromatic heterocycles. The number of anilines is 1. The molecule has 1 aromatic carbocycles. The predicted octanol–water partition coefficient (Wildman–Crippen LogP) is 0.748. The lowest BCUT2D eigenvalue weighted by atomic mass is 10.3. The van der Waals surface area contributed by atoms with Crippen molar-refractivity contribution in [3.05, 3.63) is 29.8 Å². The number of hydrogen-bond donors (Lipinski definition) is 1. The molecule has 1 saturated heterocycles. The second kappa shape index (κ2) is 5.20. The number of hydrazine groups is 1. The number of nitrogens with zero attached hydrogens (tertiary/aromatic N) is 2. The van der Waals surface area contributed by atoms with E-state index in [9.17, 15) is 13.6 Å². The van der Waals surface area contributed by atoms with Gasteiger partial charge in [-0.15, -0.1) is 0 Å². The summed E-state index contributed by atoms with van der Waals surface area (Å²) in [7, 11) is 0. The van der Waals surface area contributed by atoms with Gasteiger partial charge in [0.25, 0.3) is 0 Å². The minimum absolute atomic E-state index is 0.0725. The zero-order valence-corrected chi connectivity index (χ0v) is 9.20. The highest BCUT2D eigenvalue weighted by Crippen LogP contribution is 2.20. The second-order valence-corrected chi connectivity index (χ2v) is 3.75. The minimum Gasteiger partial charge on any atom is -0.314 e. The van der Waals surface area contributed by atoms with Gasteiger partial charge in [-0.2, -0.15) is 0 Å². The van der Waals surface area contributed by atoms with Gasteiger partial charge in [0.2, 0.25) is 6.41 Å². The van der Waals surface area contributed by atoms with Gasteiger partial charge in [-0.1, -0.05) is 0 Å². The number of carbonyl (C=O) groups is 1. The van der Waals surface area contributed by atoms with Crippen LogP contribution in [0.15, 0.2) is 18.2 Å². The topological polar surface area (TPSA) is 35.6 Å². The second-order valence-electron chi connectivity index (χ2n) is 3.75. The number of carbonyl (C=O) groups excluding carboxylic acids is 1. The van der Waals surface area contributed by atoms with E-state index in [1.165, 1.54) is 11.1 Å². The monoisotopic (exact) mass is 241 g/mol. The van der Waals surface area contributed by atoms with Crippen molar-refractivity contribution in [3.63, 3.8) is 0 Å². The lowest BCUT2D eigenvalue weighted by molar-refractivity contribution is -0.110. The zero-order chi connectivity index (χ0) is 12.3. The molecule has 1 aliphatic rings. The van der Waals surface area contributed by atoms with Crippen LogP contribution < -0.4 is 10.3 Å². The number of halogens is 2. The van der Waals surface area contributed by atoms with Crippen molar-refractivity contribution >= 4 is 12.1 Å². The fraction of sp³-hybridized carbons (Fsp3) is 0.364. The Morgan fingerprint density at radius 3 is 2.59 bits per heavy atom. The molecule has 6 heteroatoms. The summed E-state index contributed by atoms with van der Waals surface area (Å²) in [6.45, 7) is 2.67. The molecule has 4 nitrogen and oxygen atoms in total. The van der Waals surface area contributed by atoms with Gasteiger partial charge in [-0.25, -0.2) is 18.8 Å². The van der Waals surface area contributed by atoms with E-state index in [1.54, 1.807) is 5.01 Å². The van der Waals surface area contributed by atoms with E-state index in [2.05, 4.69) is 5.32 Å². The summed E-state index contributed by atoms with van der Waals surface area (Å²) in [6.07, 6.45) is 0.543. The first-order valence-electron chi connectivity index (χ1n) is 5.37. The highest BCUT2D eigenvalue weighted by atomic mass is 19.1. The summed E-state index contributed by atoms with van der Waals surface area (Å²) in [4.78, 5) is 11.0. The average Bonchev–Trinajstić information content (AvgIpc) is 2.34. The van der Waals surface area contributed by atoms with Crippen molar-refractivity contribution in [1.29, 1.82) is 0 Å².